The predicted octanol–water partition coefficient (Wildman–Crippen LogP) is 4.65. The van der Waals surface area contributed by atoms with Gasteiger partial charge in [-0.15, -0.1) is 0 Å². The van der Waals surface area contributed by atoms with Crippen LogP contribution in [0.1, 0.15) is 11.1 Å². The molecule has 0 saturated carbocycles. The minimum atomic E-state index is -1.14. The highest BCUT2D eigenvalue weighted by Gasteiger charge is 2.14. The first-order valence-corrected chi connectivity index (χ1v) is 6.23. The Balaban J connectivity index is 2.42. The number of hydrogen-bond acceptors (Lipinski definition) is 2. The standard InChI is InChI=1S/C14H9BrF2N2/c1-8-2-4-10(15)12(6-8)19-11-5-3-9(7-18)13(16)14(11)17/h2-6,19H,1H3. The summed E-state index contributed by atoms with van der Waals surface area (Å²) in [5.41, 5.74) is 1.29. The maximum Gasteiger partial charge on any atom is 0.183 e. The van der Waals surface area contributed by atoms with Crippen molar-refractivity contribution in [2.24, 2.45) is 0 Å². The number of benzene rings is 2. The van der Waals surface area contributed by atoms with Crippen molar-refractivity contribution in [3.63, 3.8) is 0 Å². The van der Waals surface area contributed by atoms with Gasteiger partial charge in [-0.2, -0.15) is 5.26 Å². The van der Waals surface area contributed by atoms with E-state index in [0.29, 0.717) is 5.69 Å². The van der Waals surface area contributed by atoms with Crippen LogP contribution in [0.25, 0.3) is 0 Å². The number of aryl methyl sites for hydroxylation is 1. The average Bonchev–Trinajstić information content (AvgIpc) is 2.39. The zero-order valence-electron chi connectivity index (χ0n) is 9.97. The van der Waals surface area contributed by atoms with Gasteiger partial charge in [0.1, 0.15) is 6.07 Å². The lowest BCUT2D eigenvalue weighted by atomic mass is 10.1. The topological polar surface area (TPSA) is 35.8 Å². The fraction of sp³-hybridized carbons (Fsp3) is 0.0714. The number of nitrogens with zero attached hydrogens (tertiary/aromatic N) is 1. The van der Waals surface area contributed by atoms with E-state index in [4.69, 9.17) is 5.26 Å². The van der Waals surface area contributed by atoms with Gasteiger partial charge in [0.15, 0.2) is 11.6 Å². The molecule has 1 N–H and O–H groups in total. The molecule has 0 heterocycles. The largest absolute Gasteiger partial charge is 0.352 e. The van der Waals surface area contributed by atoms with Crippen molar-refractivity contribution in [2.75, 3.05) is 5.32 Å². The first-order chi connectivity index (χ1) is 9.02. The quantitative estimate of drug-likeness (QED) is 0.873. The summed E-state index contributed by atoms with van der Waals surface area (Å²) in [6, 6.07) is 9.69. The highest BCUT2D eigenvalue weighted by Crippen LogP contribution is 2.29. The third-order valence-corrected chi connectivity index (χ3v) is 3.29. The molecule has 0 aliphatic rings. The monoisotopic (exact) mass is 322 g/mol. The molecule has 2 rings (SSSR count). The van der Waals surface area contributed by atoms with E-state index < -0.39 is 11.6 Å². The lowest BCUT2D eigenvalue weighted by Crippen LogP contribution is -1.99. The molecule has 0 saturated heterocycles. The Morgan fingerprint density at radius 3 is 2.53 bits per heavy atom. The summed E-state index contributed by atoms with van der Waals surface area (Å²) in [5.74, 6) is -2.20. The van der Waals surface area contributed by atoms with Crippen LogP contribution < -0.4 is 5.32 Å². The van der Waals surface area contributed by atoms with Gasteiger partial charge in [0.25, 0.3) is 0 Å². The molecule has 2 aromatic rings. The zero-order chi connectivity index (χ0) is 14.0. The molecule has 0 unspecified atom stereocenters. The molecule has 0 aliphatic heterocycles. The van der Waals surface area contributed by atoms with E-state index in [1.807, 2.05) is 19.1 Å². The Morgan fingerprint density at radius 2 is 1.84 bits per heavy atom. The fourth-order valence-corrected chi connectivity index (χ4v) is 1.96. The lowest BCUT2D eigenvalue weighted by Gasteiger charge is -2.11. The van der Waals surface area contributed by atoms with Gasteiger partial charge in [-0.25, -0.2) is 8.78 Å². The Bertz CT molecular complexity index is 678. The SMILES string of the molecule is Cc1ccc(Br)c(Nc2ccc(C#N)c(F)c2F)c1. The van der Waals surface area contributed by atoms with Gasteiger partial charge in [-0.3, -0.25) is 0 Å². The smallest absolute Gasteiger partial charge is 0.183 e. The van der Waals surface area contributed by atoms with Crippen LogP contribution in [0.3, 0.4) is 0 Å². The number of anilines is 2. The van der Waals surface area contributed by atoms with Gasteiger partial charge in [-0.1, -0.05) is 6.07 Å². The van der Waals surface area contributed by atoms with Gasteiger partial charge in [0.2, 0.25) is 0 Å². The number of nitrogens with one attached hydrogen (secondary N) is 1. The third-order valence-electron chi connectivity index (χ3n) is 2.59. The summed E-state index contributed by atoms with van der Waals surface area (Å²) in [6.45, 7) is 1.90. The maximum absolute atomic E-state index is 13.8. The summed E-state index contributed by atoms with van der Waals surface area (Å²) in [5, 5.41) is 11.4. The zero-order valence-corrected chi connectivity index (χ0v) is 11.6. The van der Waals surface area contributed by atoms with E-state index in [-0.39, 0.29) is 11.3 Å². The Kier molecular flexibility index (Phi) is 3.82. The van der Waals surface area contributed by atoms with Gasteiger partial charge >= 0.3 is 0 Å². The minimum Gasteiger partial charge on any atom is -0.352 e. The summed E-state index contributed by atoms with van der Waals surface area (Å²) >= 11 is 3.33. The van der Waals surface area contributed by atoms with Gasteiger partial charge in [0.05, 0.1) is 16.9 Å². The van der Waals surface area contributed by atoms with Crippen LogP contribution in [0.2, 0.25) is 0 Å². The van der Waals surface area contributed by atoms with Crippen LogP contribution in [-0.4, -0.2) is 0 Å². The highest BCUT2D eigenvalue weighted by atomic mass is 79.9. The van der Waals surface area contributed by atoms with Crippen molar-refractivity contribution in [1.82, 2.24) is 0 Å². The van der Waals surface area contributed by atoms with E-state index in [9.17, 15) is 8.78 Å². The molecule has 0 spiro atoms. The van der Waals surface area contributed by atoms with Gasteiger partial charge < -0.3 is 5.32 Å². The molecular formula is C14H9BrF2N2. The van der Waals surface area contributed by atoms with Crippen LogP contribution in [0.4, 0.5) is 20.2 Å². The average molecular weight is 323 g/mol. The van der Waals surface area contributed by atoms with Crippen molar-refractivity contribution >= 4 is 27.3 Å². The molecule has 0 aromatic heterocycles. The Morgan fingerprint density at radius 1 is 1.11 bits per heavy atom. The summed E-state index contributed by atoms with van der Waals surface area (Å²) < 4.78 is 28.0. The maximum atomic E-state index is 13.8. The lowest BCUT2D eigenvalue weighted by molar-refractivity contribution is 0.509. The van der Waals surface area contributed by atoms with Crippen molar-refractivity contribution in [3.8, 4) is 6.07 Å². The molecule has 5 heteroatoms. The van der Waals surface area contributed by atoms with Crippen molar-refractivity contribution in [2.45, 2.75) is 6.92 Å². The highest BCUT2D eigenvalue weighted by molar-refractivity contribution is 9.10. The van der Waals surface area contributed by atoms with Gasteiger partial charge in [0, 0.05) is 4.47 Å². The minimum absolute atomic E-state index is 0.0113. The second kappa shape index (κ2) is 5.37. The van der Waals surface area contributed by atoms with Crippen LogP contribution in [-0.2, 0) is 0 Å². The van der Waals surface area contributed by atoms with Crippen molar-refractivity contribution in [1.29, 1.82) is 5.26 Å². The normalized spacial score (nSPS) is 10.1. The van der Waals surface area contributed by atoms with Gasteiger partial charge in [-0.05, 0) is 52.7 Å². The molecule has 0 radical (unpaired) electrons. The predicted molar refractivity (Wildman–Crippen MR) is 73.2 cm³/mol. The third kappa shape index (κ3) is 2.74. The molecule has 0 amide bonds. The van der Waals surface area contributed by atoms with Crippen molar-refractivity contribution in [3.05, 3.63) is 57.6 Å². The number of halogens is 3. The van der Waals surface area contributed by atoms with Crippen LogP contribution in [0.15, 0.2) is 34.8 Å². The second-order valence-electron chi connectivity index (χ2n) is 4.01. The first kappa shape index (κ1) is 13.5. The molecule has 0 bridgehead atoms. The molecule has 19 heavy (non-hydrogen) atoms. The van der Waals surface area contributed by atoms with E-state index in [0.717, 1.165) is 10.0 Å². The van der Waals surface area contributed by atoms with E-state index >= 15 is 0 Å². The first-order valence-electron chi connectivity index (χ1n) is 5.44. The molecule has 0 aliphatic carbocycles. The summed E-state index contributed by atoms with van der Waals surface area (Å²) in [7, 11) is 0. The summed E-state index contributed by atoms with van der Waals surface area (Å²) in [4.78, 5) is 0. The fourth-order valence-electron chi connectivity index (χ4n) is 1.61. The molecule has 2 aromatic carbocycles. The Hall–Kier alpha value is -1.93. The van der Waals surface area contributed by atoms with E-state index in [2.05, 4.69) is 21.2 Å². The second-order valence-corrected chi connectivity index (χ2v) is 4.86. The molecule has 0 atom stereocenters. The summed E-state index contributed by atoms with van der Waals surface area (Å²) in [6.07, 6.45) is 0. The van der Waals surface area contributed by atoms with E-state index in [1.54, 1.807) is 12.1 Å². The molecule has 96 valence electrons. The molecular weight excluding hydrogens is 314 g/mol. The molecule has 2 nitrogen and oxygen atoms in total. The molecule has 0 fully saturated rings. The number of nitriles is 1. The van der Waals surface area contributed by atoms with Crippen LogP contribution in [0, 0.1) is 29.9 Å². The van der Waals surface area contributed by atoms with Crippen molar-refractivity contribution < 1.29 is 8.78 Å². The number of rotatable bonds is 2. The van der Waals surface area contributed by atoms with E-state index in [1.165, 1.54) is 12.1 Å². The number of hydrogen-bond donors (Lipinski definition) is 1. The van der Waals surface area contributed by atoms with Crippen LogP contribution in [0.5, 0.6) is 0 Å². The Labute approximate surface area is 117 Å². The van der Waals surface area contributed by atoms with Crippen LogP contribution >= 0.6 is 15.9 Å².